The first kappa shape index (κ1) is 19.0. The summed E-state index contributed by atoms with van der Waals surface area (Å²) >= 11 is 11.9. The van der Waals surface area contributed by atoms with Crippen LogP contribution in [0.4, 0.5) is 5.69 Å². The summed E-state index contributed by atoms with van der Waals surface area (Å²) in [7, 11) is 0. The molecule has 5 nitrogen and oxygen atoms in total. The highest BCUT2D eigenvalue weighted by molar-refractivity contribution is 6.32. The van der Waals surface area contributed by atoms with Crippen LogP contribution in [0, 0.1) is 0 Å². The number of hydrogen-bond donors (Lipinski definition) is 1. The summed E-state index contributed by atoms with van der Waals surface area (Å²) in [6.07, 6.45) is 0.0901. The van der Waals surface area contributed by atoms with Gasteiger partial charge in [-0.15, -0.1) is 10.2 Å². The average molecular weight is 379 g/mol. The van der Waals surface area contributed by atoms with Gasteiger partial charge in [0.2, 0.25) is 5.70 Å². The maximum absolute atomic E-state index is 12.1. The second-order valence-electron chi connectivity index (χ2n) is 4.97. The smallest absolute Gasteiger partial charge is 0.362 e. The highest BCUT2D eigenvalue weighted by Crippen LogP contribution is 2.25. The third kappa shape index (κ3) is 5.59. The van der Waals surface area contributed by atoms with E-state index in [-0.39, 0.29) is 24.5 Å². The normalized spacial score (nSPS) is 12.1. The molecule has 0 spiro atoms. The SMILES string of the molecule is CCOC(=O)C(N=Nc1ccccc1Cl)=C(O)Cc1ccc(Cl)cc1. The predicted octanol–water partition coefficient (Wildman–Crippen LogP) is 5.65. The third-order valence-corrected chi connectivity index (χ3v) is 3.71. The maximum Gasteiger partial charge on any atom is 0.362 e. The molecule has 2 rings (SSSR count). The van der Waals surface area contributed by atoms with Crippen molar-refractivity contribution in [3.63, 3.8) is 0 Å². The highest BCUT2D eigenvalue weighted by atomic mass is 35.5. The summed E-state index contributed by atoms with van der Waals surface area (Å²) in [5.74, 6) is -1.01. The molecule has 1 N–H and O–H groups in total. The molecule has 0 aliphatic heterocycles. The van der Waals surface area contributed by atoms with Crippen LogP contribution in [0.2, 0.25) is 10.0 Å². The van der Waals surface area contributed by atoms with Gasteiger partial charge in [-0.3, -0.25) is 0 Å². The van der Waals surface area contributed by atoms with E-state index in [1.807, 2.05) is 0 Å². The number of halogens is 2. The summed E-state index contributed by atoms with van der Waals surface area (Å²) in [6, 6.07) is 13.7. The molecule has 0 bridgehead atoms. The van der Waals surface area contributed by atoms with Gasteiger partial charge in [0.1, 0.15) is 11.4 Å². The minimum Gasteiger partial charge on any atom is -0.509 e. The number of nitrogens with zero attached hydrogens (tertiary/aromatic N) is 2. The van der Waals surface area contributed by atoms with Gasteiger partial charge in [-0.05, 0) is 36.8 Å². The molecular weight excluding hydrogens is 363 g/mol. The van der Waals surface area contributed by atoms with Crippen molar-refractivity contribution in [3.05, 3.63) is 75.6 Å². The number of ether oxygens (including phenoxy) is 1. The van der Waals surface area contributed by atoms with Crippen LogP contribution in [-0.2, 0) is 16.0 Å². The number of esters is 1. The molecule has 25 heavy (non-hydrogen) atoms. The fraction of sp³-hybridized carbons (Fsp3) is 0.167. The van der Waals surface area contributed by atoms with Gasteiger partial charge in [-0.2, -0.15) is 0 Å². The zero-order valence-corrected chi connectivity index (χ0v) is 15.0. The molecular formula is C18H16Cl2N2O3. The average Bonchev–Trinajstić information content (AvgIpc) is 2.59. The Balaban J connectivity index is 2.32. The zero-order chi connectivity index (χ0) is 18.2. The molecule has 0 radical (unpaired) electrons. The van der Waals surface area contributed by atoms with Crippen LogP contribution in [-0.4, -0.2) is 17.7 Å². The van der Waals surface area contributed by atoms with E-state index in [1.54, 1.807) is 55.5 Å². The summed E-state index contributed by atoms with van der Waals surface area (Å²) in [5.41, 5.74) is 0.874. The number of aliphatic hydroxyl groups is 1. The number of allylic oxidation sites excluding steroid dienone is 1. The second kappa shape index (κ2) is 9.20. The quantitative estimate of drug-likeness (QED) is 0.305. The Kier molecular flexibility index (Phi) is 6.98. The number of carbonyl (C=O) groups excluding carboxylic acids is 1. The Morgan fingerprint density at radius 1 is 1.12 bits per heavy atom. The molecule has 0 aromatic heterocycles. The first-order valence-corrected chi connectivity index (χ1v) is 8.26. The minimum absolute atomic E-state index is 0.0901. The summed E-state index contributed by atoms with van der Waals surface area (Å²) in [4.78, 5) is 12.1. The number of hydrogen-bond acceptors (Lipinski definition) is 5. The molecule has 0 unspecified atom stereocenters. The lowest BCUT2D eigenvalue weighted by Gasteiger charge is -2.06. The van der Waals surface area contributed by atoms with Gasteiger partial charge in [-0.25, -0.2) is 4.79 Å². The van der Waals surface area contributed by atoms with Crippen LogP contribution in [0.5, 0.6) is 0 Å². The van der Waals surface area contributed by atoms with E-state index in [0.29, 0.717) is 15.7 Å². The highest BCUT2D eigenvalue weighted by Gasteiger charge is 2.17. The summed E-state index contributed by atoms with van der Waals surface area (Å²) in [5, 5.41) is 19.1. The zero-order valence-electron chi connectivity index (χ0n) is 13.4. The molecule has 130 valence electrons. The van der Waals surface area contributed by atoms with Gasteiger partial charge in [0.05, 0.1) is 11.6 Å². The number of azo groups is 1. The number of benzene rings is 2. The van der Waals surface area contributed by atoms with Crippen molar-refractivity contribution in [3.8, 4) is 0 Å². The summed E-state index contributed by atoms with van der Waals surface area (Å²) in [6.45, 7) is 1.81. The minimum atomic E-state index is -0.759. The van der Waals surface area contributed by atoms with Crippen molar-refractivity contribution < 1.29 is 14.6 Å². The fourth-order valence-electron chi connectivity index (χ4n) is 1.93. The van der Waals surface area contributed by atoms with Crippen LogP contribution < -0.4 is 0 Å². The number of carbonyl (C=O) groups is 1. The van der Waals surface area contributed by atoms with Crippen LogP contribution in [0.15, 0.2) is 70.2 Å². The molecule has 0 aliphatic rings. The maximum atomic E-state index is 12.1. The molecule has 0 fully saturated rings. The van der Waals surface area contributed by atoms with Crippen LogP contribution >= 0.6 is 23.2 Å². The lowest BCUT2D eigenvalue weighted by Crippen LogP contribution is -2.09. The van der Waals surface area contributed by atoms with Crippen LogP contribution in [0.3, 0.4) is 0 Å². The Morgan fingerprint density at radius 3 is 2.44 bits per heavy atom. The van der Waals surface area contributed by atoms with E-state index in [1.165, 1.54) is 0 Å². The second-order valence-corrected chi connectivity index (χ2v) is 5.81. The van der Waals surface area contributed by atoms with E-state index in [9.17, 15) is 9.90 Å². The monoisotopic (exact) mass is 378 g/mol. The van der Waals surface area contributed by atoms with Crippen molar-refractivity contribution in [2.75, 3.05) is 6.61 Å². The Labute approximate surface area is 155 Å². The van der Waals surface area contributed by atoms with E-state index >= 15 is 0 Å². The molecule has 7 heteroatoms. The topological polar surface area (TPSA) is 71.2 Å². The molecule has 2 aromatic rings. The molecule has 0 saturated carbocycles. The van der Waals surface area contributed by atoms with Gasteiger partial charge in [-0.1, -0.05) is 47.5 Å². The van der Waals surface area contributed by atoms with Crippen LogP contribution in [0.1, 0.15) is 12.5 Å². The largest absolute Gasteiger partial charge is 0.509 e. The van der Waals surface area contributed by atoms with Crippen molar-refractivity contribution >= 4 is 34.9 Å². The Bertz CT molecular complexity index is 802. The lowest BCUT2D eigenvalue weighted by atomic mass is 10.1. The van der Waals surface area contributed by atoms with Crippen LogP contribution in [0.25, 0.3) is 0 Å². The predicted molar refractivity (Wildman–Crippen MR) is 97.4 cm³/mol. The Morgan fingerprint density at radius 2 is 1.80 bits per heavy atom. The molecule has 0 saturated heterocycles. The van der Waals surface area contributed by atoms with E-state index in [2.05, 4.69) is 10.2 Å². The van der Waals surface area contributed by atoms with Crippen molar-refractivity contribution in [1.29, 1.82) is 0 Å². The third-order valence-electron chi connectivity index (χ3n) is 3.14. The number of rotatable bonds is 6. The molecule has 0 heterocycles. The molecule has 2 aromatic carbocycles. The molecule has 0 atom stereocenters. The molecule has 0 amide bonds. The standard InChI is InChI=1S/C18H16Cl2N2O3/c1-2-25-18(24)17(22-21-15-6-4-3-5-14(15)20)16(23)11-12-7-9-13(19)10-8-12/h3-10,23H,2,11H2,1H3. The van der Waals surface area contributed by atoms with E-state index in [4.69, 9.17) is 27.9 Å². The van der Waals surface area contributed by atoms with Gasteiger partial charge >= 0.3 is 5.97 Å². The Hall–Kier alpha value is -2.37. The van der Waals surface area contributed by atoms with Gasteiger partial charge in [0, 0.05) is 11.4 Å². The summed E-state index contributed by atoms with van der Waals surface area (Å²) < 4.78 is 4.94. The van der Waals surface area contributed by atoms with Gasteiger partial charge in [0.15, 0.2) is 0 Å². The van der Waals surface area contributed by atoms with E-state index < -0.39 is 5.97 Å². The first-order chi connectivity index (χ1) is 12.0. The molecule has 0 aliphatic carbocycles. The van der Waals surface area contributed by atoms with Crippen molar-refractivity contribution in [2.24, 2.45) is 10.2 Å². The first-order valence-electron chi connectivity index (χ1n) is 7.51. The van der Waals surface area contributed by atoms with E-state index in [0.717, 1.165) is 5.56 Å². The van der Waals surface area contributed by atoms with Gasteiger partial charge < -0.3 is 9.84 Å². The van der Waals surface area contributed by atoms with Crippen molar-refractivity contribution in [2.45, 2.75) is 13.3 Å². The fourth-order valence-corrected chi connectivity index (χ4v) is 2.23. The number of aliphatic hydroxyl groups excluding tert-OH is 1. The van der Waals surface area contributed by atoms with Crippen molar-refractivity contribution in [1.82, 2.24) is 0 Å². The lowest BCUT2D eigenvalue weighted by molar-refractivity contribution is -0.138. The van der Waals surface area contributed by atoms with Gasteiger partial charge in [0.25, 0.3) is 0 Å².